The Labute approximate surface area is 94.9 Å². The van der Waals surface area contributed by atoms with Crippen LogP contribution in [0.3, 0.4) is 0 Å². The molecule has 1 aromatic rings. The minimum Gasteiger partial charge on any atom is -0.381 e. The lowest BCUT2D eigenvalue weighted by atomic mass is 9.74. The number of rotatable bonds is 4. The van der Waals surface area contributed by atoms with E-state index in [-0.39, 0.29) is 5.54 Å². The van der Waals surface area contributed by atoms with E-state index in [1.165, 1.54) is 5.01 Å². The van der Waals surface area contributed by atoms with Crippen molar-refractivity contribution >= 4 is 11.3 Å². The molecule has 4 heteroatoms. The molecule has 1 saturated carbocycles. The SMILES string of the molecule is COC1CC(NC(C)C)(c2nccs2)C1. The fraction of sp³-hybridized carbons (Fsp3) is 0.727. The second-order valence-corrected chi connectivity index (χ2v) is 5.38. The van der Waals surface area contributed by atoms with Crippen LogP contribution < -0.4 is 5.32 Å². The van der Waals surface area contributed by atoms with Crippen molar-refractivity contribution in [2.24, 2.45) is 0 Å². The Morgan fingerprint density at radius 2 is 2.33 bits per heavy atom. The summed E-state index contributed by atoms with van der Waals surface area (Å²) >= 11 is 1.73. The van der Waals surface area contributed by atoms with Crippen LogP contribution in [0.4, 0.5) is 0 Å². The van der Waals surface area contributed by atoms with Gasteiger partial charge in [0, 0.05) is 24.7 Å². The van der Waals surface area contributed by atoms with Gasteiger partial charge in [0.2, 0.25) is 0 Å². The Morgan fingerprint density at radius 1 is 1.60 bits per heavy atom. The third-order valence-corrected chi connectivity index (χ3v) is 3.87. The van der Waals surface area contributed by atoms with Crippen molar-refractivity contribution in [1.82, 2.24) is 10.3 Å². The summed E-state index contributed by atoms with van der Waals surface area (Å²) in [6.45, 7) is 4.35. The number of ether oxygens (including phenoxy) is 1. The van der Waals surface area contributed by atoms with Crippen molar-refractivity contribution < 1.29 is 4.74 Å². The third kappa shape index (κ3) is 2.07. The fourth-order valence-corrected chi connectivity index (χ4v) is 3.07. The van der Waals surface area contributed by atoms with Gasteiger partial charge in [0.1, 0.15) is 5.01 Å². The molecule has 0 atom stereocenters. The predicted molar refractivity (Wildman–Crippen MR) is 62.1 cm³/mol. The Hall–Kier alpha value is -0.450. The highest BCUT2D eigenvalue weighted by Gasteiger charge is 2.47. The second kappa shape index (κ2) is 4.20. The first-order valence-corrected chi connectivity index (χ1v) is 6.25. The second-order valence-electron chi connectivity index (χ2n) is 4.48. The van der Waals surface area contributed by atoms with Gasteiger partial charge in [0.25, 0.3) is 0 Å². The average molecular weight is 226 g/mol. The van der Waals surface area contributed by atoms with Gasteiger partial charge in [-0.2, -0.15) is 0 Å². The Bertz CT molecular complexity index is 304. The van der Waals surface area contributed by atoms with E-state index in [1.54, 1.807) is 18.4 Å². The number of aromatic nitrogens is 1. The van der Waals surface area contributed by atoms with Crippen LogP contribution in [-0.2, 0) is 10.3 Å². The molecule has 2 rings (SSSR count). The minimum atomic E-state index is 0.0724. The zero-order valence-electron chi connectivity index (χ0n) is 9.49. The smallest absolute Gasteiger partial charge is 0.113 e. The molecule has 0 aliphatic heterocycles. The van der Waals surface area contributed by atoms with Gasteiger partial charge in [0.05, 0.1) is 11.6 Å². The molecule has 0 unspecified atom stereocenters. The van der Waals surface area contributed by atoms with E-state index in [0.717, 1.165) is 12.8 Å². The van der Waals surface area contributed by atoms with Gasteiger partial charge in [-0.05, 0) is 26.7 Å². The minimum absolute atomic E-state index is 0.0724. The zero-order chi connectivity index (χ0) is 10.9. The quantitative estimate of drug-likeness (QED) is 0.854. The molecule has 15 heavy (non-hydrogen) atoms. The molecule has 1 aliphatic carbocycles. The number of nitrogens with zero attached hydrogens (tertiary/aromatic N) is 1. The van der Waals surface area contributed by atoms with Crippen LogP contribution in [0.5, 0.6) is 0 Å². The first-order chi connectivity index (χ1) is 7.16. The lowest BCUT2D eigenvalue weighted by Crippen LogP contribution is -2.57. The molecular weight excluding hydrogens is 208 g/mol. The van der Waals surface area contributed by atoms with Crippen molar-refractivity contribution in [2.75, 3.05) is 7.11 Å². The lowest BCUT2D eigenvalue weighted by molar-refractivity contribution is -0.0364. The van der Waals surface area contributed by atoms with E-state index in [9.17, 15) is 0 Å². The van der Waals surface area contributed by atoms with Crippen molar-refractivity contribution in [3.63, 3.8) is 0 Å². The van der Waals surface area contributed by atoms with Gasteiger partial charge in [-0.25, -0.2) is 4.98 Å². The van der Waals surface area contributed by atoms with Gasteiger partial charge < -0.3 is 10.1 Å². The summed E-state index contributed by atoms with van der Waals surface area (Å²) in [7, 11) is 1.78. The molecule has 0 aromatic carbocycles. The van der Waals surface area contributed by atoms with Gasteiger partial charge in [-0.1, -0.05) is 0 Å². The molecule has 0 amide bonds. The van der Waals surface area contributed by atoms with Crippen molar-refractivity contribution in [3.05, 3.63) is 16.6 Å². The van der Waals surface area contributed by atoms with E-state index >= 15 is 0 Å². The Kier molecular flexibility index (Phi) is 3.09. The summed E-state index contributed by atoms with van der Waals surface area (Å²) in [5.74, 6) is 0. The molecule has 1 aromatic heterocycles. The Morgan fingerprint density at radius 3 is 2.80 bits per heavy atom. The topological polar surface area (TPSA) is 34.1 Å². The molecule has 1 fully saturated rings. The highest BCUT2D eigenvalue weighted by molar-refractivity contribution is 7.09. The summed E-state index contributed by atoms with van der Waals surface area (Å²) in [4.78, 5) is 4.43. The van der Waals surface area contributed by atoms with E-state index in [1.807, 2.05) is 11.6 Å². The lowest BCUT2D eigenvalue weighted by Gasteiger charge is -2.47. The highest BCUT2D eigenvalue weighted by atomic mass is 32.1. The summed E-state index contributed by atoms with van der Waals surface area (Å²) in [6, 6.07) is 0.478. The molecular formula is C11H18N2OS. The summed E-state index contributed by atoms with van der Waals surface area (Å²) in [6.07, 6.45) is 4.34. The van der Waals surface area contributed by atoms with Crippen LogP contribution in [0, 0.1) is 0 Å². The van der Waals surface area contributed by atoms with Gasteiger partial charge in [-0.15, -0.1) is 11.3 Å². The molecule has 0 radical (unpaired) electrons. The summed E-state index contributed by atoms with van der Waals surface area (Å²) in [5.41, 5.74) is 0.0724. The van der Waals surface area contributed by atoms with Crippen LogP contribution in [0.2, 0.25) is 0 Å². The standard InChI is InChI=1S/C11H18N2OS/c1-8(2)13-11(6-9(7-11)14-3)10-12-4-5-15-10/h4-5,8-9,13H,6-7H2,1-3H3. The maximum atomic E-state index is 5.36. The predicted octanol–water partition coefficient (Wildman–Crippen LogP) is 2.15. The molecule has 0 bridgehead atoms. The van der Waals surface area contributed by atoms with E-state index in [0.29, 0.717) is 12.1 Å². The molecule has 1 aliphatic rings. The molecule has 0 spiro atoms. The first-order valence-electron chi connectivity index (χ1n) is 5.37. The van der Waals surface area contributed by atoms with Crippen LogP contribution in [0.1, 0.15) is 31.7 Å². The number of methoxy groups -OCH3 is 1. The van der Waals surface area contributed by atoms with Crippen LogP contribution >= 0.6 is 11.3 Å². The van der Waals surface area contributed by atoms with Crippen LogP contribution in [0.25, 0.3) is 0 Å². The molecule has 1 heterocycles. The maximum Gasteiger partial charge on any atom is 0.113 e. The molecule has 3 nitrogen and oxygen atoms in total. The third-order valence-electron chi connectivity index (χ3n) is 2.89. The number of nitrogens with one attached hydrogen (secondary N) is 1. The van der Waals surface area contributed by atoms with Gasteiger partial charge >= 0.3 is 0 Å². The molecule has 84 valence electrons. The molecule has 0 saturated heterocycles. The van der Waals surface area contributed by atoms with Crippen molar-refractivity contribution in [3.8, 4) is 0 Å². The molecule has 1 N–H and O–H groups in total. The van der Waals surface area contributed by atoms with E-state index in [2.05, 4.69) is 24.1 Å². The van der Waals surface area contributed by atoms with Gasteiger partial charge in [0.15, 0.2) is 0 Å². The number of hydrogen-bond donors (Lipinski definition) is 1. The number of hydrogen-bond acceptors (Lipinski definition) is 4. The van der Waals surface area contributed by atoms with Crippen molar-refractivity contribution in [1.29, 1.82) is 0 Å². The largest absolute Gasteiger partial charge is 0.381 e. The van der Waals surface area contributed by atoms with Crippen molar-refractivity contribution in [2.45, 2.75) is 44.4 Å². The fourth-order valence-electron chi connectivity index (χ4n) is 2.25. The summed E-state index contributed by atoms with van der Waals surface area (Å²) < 4.78 is 5.36. The van der Waals surface area contributed by atoms with E-state index < -0.39 is 0 Å². The first kappa shape index (κ1) is 11.0. The number of thiazole rings is 1. The zero-order valence-corrected chi connectivity index (χ0v) is 10.3. The average Bonchev–Trinajstić information content (AvgIpc) is 2.62. The van der Waals surface area contributed by atoms with Crippen LogP contribution in [0.15, 0.2) is 11.6 Å². The van der Waals surface area contributed by atoms with Crippen LogP contribution in [-0.4, -0.2) is 24.2 Å². The normalized spacial score (nSPS) is 30.5. The highest BCUT2D eigenvalue weighted by Crippen LogP contribution is 2.43. The monoisotopic (exact) mass is 226 g/mol. The maximum absolute atomic E-state index is 5.36. The Balaban J connectivity index is 2.12. The summed E-state index contributed by atoms with van der Waals surface area (Å²) in [5, 5.41) is 6.87. The van der Waals surface area contributed by atoms with E-state index in [4.69, 9.17) is 4.74 Å². The van der Waals surface area contributed by atoms with Gasteiger partial charge in [-0.3, -0.25) is 0 Å².